The number of amides is 1. The van der Waals surface area contributed by atoms with Crippen molar-refractivity contribution < 1.29 is 14.6 Å². The minimum atomic E-state index is -0.788. The summed E-state index contributed by atoms with van der Waals surface area (Å²) in [6, 6.07) is 1.99. The van der Waals surface area contributed by atoms with E-state index in [0.29, 0.717) is 19.4 Å². The number of aromatic nitrogens is 1. The Labute approximate surface area is 157 Å². The highest BCUT2D eigenvalue weighted by molar-refractivity contribution is 9.10. The summed E-state index contributed by atoms with van der Waals surface area (Å²) in [5.74, 6) is 0.0684. The Kier molecular flexibility index (Phi) is 5.13. The third-order valence-corrected chi connectivity index (χ3v) is 5.99. The molecule has 3 unspecified atom stereocenters. The van der Waals surface area contributed by atoms with Gasteiger partial charge in [0.1, 0.15) is 5.60 Å². The second kappa shape index (κ2) is 6.88. The standard InChI is InChI=1S/C19H27BrN2O3/c1-18(2,3)25-17(23)22-12-14-5-4-6-15(22)10-19(14,24)9-13-7-8-21-11-16(13)20/h7-8,11,14-15,24H,4-6,9-10,12H2,1-3H3. The molecular formula is C19H27BrN2O3. The average molecular weight is 411 g/mol. The quantitative estimate of drug-likeness (QED) is 0.801. The number of hydrogen-bond donors (Lipinski definition) is 1. The van der Waals surface area contributed by atoms with E-state index in [1.807, 2.05) is 31.7 Å². The van der Waals surface area contributed by atoms with Crippen molar-refractivity contribution in [2.24, 2.45) is 5.92 Å². The molecule has 4 rings (SSSR count). The molecule has 1 aromatic rings. The summed E-state index contributed by atoms with van der Waals surface area (Å²) in [7, 11) is 0. The predicted octanol–water partition coefficient (Wildman–Crippen LogP) is 3.93. The molecule has 3 aliphatic rings. The van der Waals surface area contributed by atoms with Gasteiger partial charge in [-0.25, -0.2) is 4.79 Å². The fourth-order valence-corrected chi connectivity index (χ4v) is 4.49. The first kappa shape index (κ1) is 18.6. The lowest BCUT2D eigenvalue weighted by Gasteiger charge is -2.47. The fraction of sp³-hybridized carbons (Fsp3) is 0.684. The number of nitrogens with zero attached hydrogens (tertiary/aromatic N) is 2. The maximum absolute atomic E-state index is 12.6. The zero-order chi connectivity index (χ0) is 18.2. The van der Waals surface area contributed by atoms with Gasteiger partial charge in [0, 0.05) is 41.8 Å². The van der Waals surface area contributed by atoms with Crippen molar-refractivity contribution in [3.63, 3.8) is 0 Å². The number of ether oxygens (including phenoxy) is 1. The summed E-state index contributed by atoms with van der Waals surface area (Å²) < 4.78 is 6.50. The van der Waals surface area contributed by atoms with Crippen molar-refractivity contribution >= 4 is 22.0 Å². The molecule has 2 saturated heterocycles. The van der Waals surface area contributed by atoms with Crippen LogP contribution in [0.15, 0.2) is 22.9 Å². The Morgan fingerprint density at radius 3 is 2.92 bits per heavy atom. The molecule has 1 N–H and O–H groups in total. The van der Waals surface area contributed by atoms with E-state index >= 15 is 0 Å². The van der Waals surface area contributed by atoms with Crippen LogP contribution in [-0.4, -0.2) is 44.9 Å². The van der Waals surface area contributed by atoms with Gasteiger partial charge in [-0.1, -0.05) is 6.42 Å². The molecule has 1 amide bonds. The minimum Gasteiger partial charge on any atom is -0.444 e. The fourth-order valence-electron chi connectivity index (χ4n) is 4.10. The maximum Gasteiger partial charge on any atom is 0.410 e. The number of carbonyl (C=O) groups excluding carboxylic acids is 1. The molecular weight excluding hydrogens is 384 g/mol. The maximum atomic E-state index is 12.6. The van der Waals surface area contributed by atoms with Gasteiger partial charge in [-0.2, -0.15) is 0 Å². The summed E-state index contributed by atoms with van der Waals surface area (Å²) in [5, 5.41) is 11.4. The van der Waals surface area contributed by atoms with Gasteiger partial charge in [-0.05, 0) is 67.6 Å². The zero-order valence-electron chi connectivity index (χ0n) is 15.2. The van der Waals surface area contributed by atoms with E-state index in [-0.39, 0.29) is 18.1 Å². The number of piperidine rings is 1. The summed E-state index contributed by atoms with van der Waals surface area (Å²) in [5.41, 5.74) is -0.224. The Morgan fingerprint density at radius 2 is 2.24 bits per heavy atom. The molecule has 6 heteroatoms. The smallest absolute Gasteiger partial charge is 0.410 e. The summed E-state index contributed by atoms with van der Waals surface area (Å²) in [4.78, 5) is 18.5. The van der Waals surface area contributed by atoms with Crippen molar-refractivity contribution in [3.05, 3.63) is 28.5 Å². The molecule has 1 aliphatic carbocycles. The molecule has 138 valence electrons. The molecule has 3 fully saturated rings. The largest absolute Gasteiger partial charge is 0.444 e. The first-order valence-electron chi connectivity index (χ1n) is 8.98. The molecule has 0 radical (unpaired) electrons. The molecule has 25 heavy (non-hydrogen) atoms. The Bertz CT molecular complexity index is 646. The van der Waals surface area contributed by atoms with Crippen molar-refractivity contribution in [1.82, 2.24) is 9.88 Å². The number of rotatable bonds is 2. The molecule has 5 nitrogen and oxygen atoms in total. The lowest BCUT2D eigenvalue weighted by Crippen LogP contribution is -2.58. The first-order valence-corrected chi connectivity index (χ1v) is 9.78. The van der Waals surface area contributed by atoms with Gasteiger partial charge in [0.15, 0.2) is 0 Å². The van der Waals surface area contributed by atoms with Crippen LogP contribution in [0.25, 0.3) is 0 Å². The van der Waals surface area contributed by atoms with Crippen LogP contribution in [0.1, 0.15) is 52.0 Å². The van der Waals surface area contributed by atoms with Gasteiger partial charge in [0.2, 0.25) is 0 Å². The van der Waals surface area contributed by atoms with E-state index in [4.69, 9.17) is 4.74 Å². The van der Waals surface area contributed by atoms with Crippen LogP contribution in [0, 0.1) is 5.92 Å². The molecule has 3 atom stereocenters. The third kappa shape index (κ3) is 4.17. The van der Waals surface area contributed by atoms with Crippen molar-refractivity contribution in [1.29, 1.82) is 0 Å². The van der Waals surface area contributed by atoms with E-state index in [1.54, 1.807) is 12.4 Å². The van der Waals surface area contributed by atoms with E-state index in [9.17, 15) is 9.90 Å². The highest BCUT2D eigenvalue weighted by Crippen LogP contribution is 2.43. The topological polar surface area (TPSA) is 62.7 Å². The van der Waals surface area contributed by atoms with Crippen LogP contribution in [0.5, 0.6) is 0 Å². The van der Waals surface area contributed by atoms with Crippen LogP contribution in [0.3, 0.4) is 0 Å². The lowest BCUT2D eigenvalue weighted by molar-refractivity contribution is -0.0858. The second-order valence-corrected chi connectivity index (χ2v) is 9.22. The van der Waals surface area contributed by atoms with Crippen LogP contribution in [0.4, 0.5) is 4.79 Å². The monoisotopic (exact) mass is 410 g/mol. The number of hydrogen-bond acceptors (Lipinski definition) is 4. The third-order valence-electron chi connectivity index (χ3n) is 5.28. The molecule has 2 aliphatic heterocycles. The van der Waals surface area contributed by atoms with Crippen LogP contribution < -0.4 is 0 Å². The minimum absolute atomic E-state index is 0.0409. The molecule has 1 aromatic heterocycles. The molecule has 2 bridgehead atoms. The number of halogens is 1. The molecule has 0 spiro atoms. The summed E-state index contributed by atoms with van der Waals surface area (Å²) in [6.45, 7) is 6.23. The Balaban J connectivity index is 1.78. The van der Waals surface area contributed by atoms with Crippen LogP contribution >= 0.6 is 15.9 Å². The zero-order valence-corrected chi connectivity index (χ0v) is 16.8. The number of pyridine rings is 1. The van der Waals surface area contributed by atoms with Gasteiger partial charge in [-0.15, -0.1) is 0 Å². The van der Waals surface area contributed by atoms with Crippen molar-refractivity contribution in [2.75, 3.05) is 6.54 Å². The number of fused-ring (bicyclic) bond motifs is 4. The summed E-state index contributed by atoms with van der Waals surface area (Å²) >= 11 is 3.53. The molecule has 1 saturated carbocycles. The number of carbonyl (C=O) groups is 1. The van der Waals surface area contributed by atoms with Gasteiger partial charge >= 0.3 is 6.09 Å². The van der Waals surface area contributed by atoms with E-state index in [2.05, 4.69) is 20.9 Å². The van der Waals surface area contributed by atoms with E-state index < -0.39 is 11.2 Å². The number of aliphatic hydroxyl groups is 1. The van der Waals surface area contributed by atoms with Crippen LogP contribution in [0.2, 0.25) is 0 Å². The SMILES string of the molecule is CC(C)(C)OC(=O)N1CC2CCCC1CC2(O)Cc1ccncc1Br. The predicted molar refractivity (Wildman–Crippen MR) is 99.3 cm³/mol. The van der Waals surface area contributed by atoms with E-state index in [1.165, 1.54) is 0 Å². The Hall–Kier alpha value is -1.14. The highest BCUT2D eigenvalue weighted by atomic mass is 79.9. The normalized spacial score (nSPS) is 29.4. The molecule has 3 heterocycles. The van der Waals surface area contributed by atoms with Gasteiger partial charge in [0.05, 0.1) is 5.60 Å². The van der Waals surface area contributed by atoms with E-state index in [0.717, 1.165) is 29.3 Å². The highest BCUT2D eigenvalue weighted by Gasteiger charge is 2.49. The van der Waals surface area contributed by atoms with Crippen molar-refractivity contribution in [2.45, 2.75) is 70.1 Å². The lowest BCUT2D eigenvalue weighted by atomic mass is 9.75. The second-order valence-electron chi connectivity index (χ2n) is 8.37. The molecule has 0 aromatic carbocycles. The summed E-state index contributed by atoms with van der Waals surface area (Å²) in [6.07, 6.45) is 7.35. The first-order chi connectivity index (χ1) is 11.7. The van der Waals surface area contributed by atoms with Gasteiger partial charge in [-0.3, -0.25) is 4.98 Å². The van der Waals surface area contributed by atoms with Gasteiger partial charge < -0.3 is 14.7 Å². The average Bonchev–Trinajstić information content (AvgIpc) is 2.79. The van der Waals surface area contributed by atoms with Gasteiger partial charge in [0.25, 0.3) is 0 Å². The van der Waals surface area contributed by atoms with Crippen molar-refractivity contribution in [3.8, 4) is 0 Å². The van der Waals surface area contributed by atoms with Crippen LogP contribution in [-0.2, 0) is 11.2 Å². The Morgan fingerprint density at radius 1 is 1.48 bits per heavy atom.